The third kappa shape index (κ3) is 2.66. The second kappa shape index (κ2) is 5.30. The van der Waals surface area contributed by atoms with Crippen molar-refractivity contribution < 1.29 is 14.3 Å². The molecule has 0 radical (unpaired) electrons. The van der Waals surface area contributed by atoms with Gasteiger partial charge in [0.1, 0.15) is 5.69 Å². The molecule has 15 heavy (non-hydrogen) atoms. The average Bonchev–Trinajstić information content (AvgIpc) is 2.57. The van der Waals surface area contributed by atoms with Gasteiger partial charge in [-0.2, -0.15) is 0 Å². The van der Waals surface area contributed by atoms with Crippen LogP contribution in [0.5, 0.6) is 0 Å². The summed E-state index contributed by atoms with van der Waals surface area (Å²) < 4.78 is 6.40. The average molecular weight is 229 g/mol. The first kappa shape index (κ1) is 11.4. The lowest BCUT2D eigenvalue weighted by Gasteiger charge is -2.01. The second-order valence-electron chi connectivity index (χ2n) is 2.54. The minimum absolute atomic E-state index is 0.327. The van der Waals surface area contributed by atoms with Crippen LogP contribution in [-0.2, 0) is 16.6 Å². The van der Waals surface area contributed by atoms with Gasteiger partial charge in [0.15, 0.2) is 0 Å². The number of carbonyl (C=O) groups is 2. The lowest BCUT2D eigenvalue weighted by atomic mass is 10.5. The van der Waals surface area contributed by atoms with E-state index in [1.165, 1.54) is 11.3 Å². The Kier molecular flexibility index (Phi) is 4.04. The number of thiazole rings is 1. The van der Waals surface area contributed by atoms with Crippen molar-refractivity contribution in [1.29, 1.82) is 0 Å². The van der Waals surface area contributed by atoms with Crippen LogP contribution >= 0.6 is 11.3 Å². The van der Waals surface area contributed by atoms with Crippen LogP contribution in [0.15, 0.2) is 10.5 Å². The Hall–Kier alpha value is -1.63. The molecule has 1 rings (SSSR count). The SMILES string of the molecule is CCOC(=O)c1csc(=NNC=O)n1C. The quantitative estimate of drug-likeness (QED) is 0.442. The zero-order chi connectivity index (χ0) is 11.3. The molecule has 1 amide bonds. The lowest BCUT2D eigenvalue weighted by molar-refractivity contribution is -0.109. The van der Waals surface area contributed by atoms with Gasteiger partial charge in [-0.15, -0.1) is 16.4 Å². The fraction of sp³-hybridized carbons (Fsp3) is 0.375. The van der Waals surface area contributed by atoms with Gasteiger partial charge in [-0.3, -0.25) is 4.79 Å². The van der Waals surface area contributed by atoms with Crippen molar-refractivity contribution >= 4 is 23.7 Å². The monoisotopic (exact) mass is 229 g/mol. The molecule has 0 aliphatic heterocycles. The van der Waals surface area contributed by atoms with Crippen molar-refractivity contribution in [2.45, 2.75) is 6.92 Å². The largest absolute Gasteiger partial charge is 0.461 e. The summed E-state index contributed by atoms with van der Waals surface area (Å²) in [5.41, 5.74) is 2.58. The van der Waals surface area contributed by atoms with Gasteiger partial charge in [-0.25, -0.2) is 10.2 Å². The molecule has 6 nitrogen and oxygen atoms in total. The van der Waals surface area contributed by atoms with Crippen LogP contribution in [0.1, 0.15) is 17.4 Å². The maximum absolute atomic E-state index is 11.4. The van der Waals surface area contributed by atoms with E-state index in [1.54, 1.807) is 23.9 Å². The van der Waals surface area contributed by atoms with Crippen LogP contribution in [0, 0.1) is 0 Å². The van der Waals surface area contributed by atoms with Crippen LogP contribution in [0.25, 0.3) is 0 Å². The molecule has 1 aromatic heterocycles. The van der Waals surface area contributed by atoms with Crippen LogP contribution in [-0.4, -0.2) is 23.6 Å². The van der Waals surface area contributed by atoms with Gasteiger partial charge < -0.3 is 9.30 Å². The Bertz CT molecular complexity index is 421. The fourth-order valence-electron chi connectivity index (χ4n) is 0.943. The van der Waals surface area contributed by atoms with Crippen LogP contribution in [0.4, 0.5) is 0 Å². The van der Waals surface area contributed by atoms with Gasteiger partial charge in [-0.1, -0.05) is 0 Å². The maximum atomic E-state index is 11.4. The number of aromatic nitrogens is 1. The molecule has 0 unspecified atom stereocenters. The van der Waals surface area contributed by atoms with Crippen LogP contribution < -0.4 is 10.2 Å². The molecular weight excluding hydrogens is 218 g/mol. The number of esters is 1. The molecule has 0 bridgehead atoms. The predicted octanol–water partition coefficient (Wildman–Crippen LogP) is -0.175. The zero-order valence-corrected chi connectivity index (χ0v) is 9.21. The van der Waals surface area contributed by atoms with Gasteiger partial charge in [-0.05, 0) is 6.92 Å². The van der Waals surface area contributed by atoms with E-state index in [-0.39, 0.29) is 0 Å². The fourth-order valence-corrected chi connectivity index (χ4v) is 1.78. The van der Waals surface area contributed by atoms with Crippen molar-refractivity contribution in [2.24, 2.45) is 12.1 Å². The first-order chi connectivity index (χ1) is 7.20. The number of amides is 1. The molecule has 0 saturated heterocycles. The van der Waals surface area contributed by atoms with Crippen LogP contribution in [0.3, 0.4) is 0 Å². The minimum atomic E-state index is -0.399. The molecule has 1 aromatic rings. The Morgan fingerprint density at radius 1 is 1.80 bits per heavy atom. The smallest absolute Gasteiger partial charge is 0.355 e. The first-order valence-electron chi connectivity index (χ1n) is 4.25. The lowest BCUT2D eigenvalue weighted by Crippen LogP contribution is -2.20. The summed E-state index contributed by atoms with van der Waals surface area (Å²) in [5, 5.41) is 5.37. The number of carbonyl (C=O) groups excluding carboxylic acids is 2. The Labute approximate surface area is 90.2 Å². The maximum Gasteiger partial charge on any atom is 0.355 e. The standard InChI is InChI=1S/C8H11N3O3S/c1-3-14-7(13)6-4-15-8(11(6)2)10-9-5-12/h4-5H,3H2,1-2H3,(H,9,12). The number of rotatable bonds is 4. The van der Waals surface area contributed by atoms with E-state index < -0.39 is 5.97 Å². The van der Waals surface area contributed by atoms with Gasteiger partial charge in [0.25, 0.3) is 0 Å². The summed E-state index contributed by atoms with van der Waals surface area (Å²) >= 11 is 1.24. The van der Waals surface area contributed by atoms with E-state index in [1.807, 2.05) is 0 Å². The highest BCUT2D eigenvalue weighted by Crippen LogP contribution is 2.01. The van der Waals surface area contributed by atoms with Gasteiger partial charge in [0.2, 0.25) is 11.2 Å². The van der Waals surface area contributed by atoms with Crippen LogP contribution in [0.2, 0.25) is 0 Å². The van der Waals surface area contributed by atoms with Gasteiger partial charge >= 0.3 is 5.97 Å². The predicted molar refractivity (Wildman–Crippen MR) is 54.0 cm³/mol. The summed E-state index contributed by atoms with van der Waals surface area (Å²) in [6.07, 6.45) is 0.462. The minimum Gasteiger partial charge on any atom is -0.461 e. The number of hydrogen-bond acceptors (Lipinski definition) is 5. The Morgan fingerprint density at radius 2 is 2.53 bits per heavy atom. The van der Waals surface area contributed by atoms with Crippen molar-refractivity contribution in [2.75, 3.05) is 6.61 Å². The molecule has 1 heterocycles. The third-order valence-electron chi connectivity index (χ3n) is 1.62. The molecule has 0 aromatic carbocycles. The highest BCUT2D eigenvalue weighted by Gasteiger charge is 2.11. The van der Waals surface area contributed by atoms with Crippen molar-refractivity contribution in [3.8, 4) is 0 Å². The molecule has 0 saturated carbocycles. The van der Waals surface area contributed by atoms with Crippen molar-refractivity contribution in [1.82, 2.24) is 9.99 Å². The molecule has 0 fully saturated rings. The molecule has 82 valence electrons. The van der Waals surface area contributed by atoms with E-state index in [2.05, 4.69) is 10.5 Å². The number of hydrogen-bond donors (Lipinski definition) is 1. The molecule has 1 N–H and O–H groups in total. The molecule has 0 spiro atoms. The number of nitrogens with one attached hydrogen (secondary N) is 1. The zero-order valence-electron chi connectivity index (χ0n) is 8.39. The normalized spacial score (nSPS) is 11.2. The summed E-state index contributed by atoms with van der Waals surface area (Å²) in [6, 6.07) is 0. The van der Waals surface area contributed by atoms with Crippen molar-refractivity contribution in [3.05, 3.63) is 15.9 Å². The summed E-state index contributed by atoms with van der Waals surface area (Å²) in [7, 11) is 1.67. The molecular formula is C8H11N3O3S. The second-order valence-corrected chi connectivity index (χ2v) is 3.38. The highest BCUT2D eigenvalue weighted by molar-refractivity contribution is 7.07. The highest BCUT2D eigenvalue weighted by atomic mass is 32.1. The van der Waals surface area contributed by atoms with E-state index in [0.29, 0.717) is 23.5 Å². The molecule has 7 heteroatoms. The third-order valence-corrected chi connectivity index (χ3v) is 2.54. The van der Waals surface area contributed by atoms with Gasteiger partial charge in [0, 0.05) is 12.4 Å². The number of ether oxygens (including phenoxy) is 1. The Morgan fingerprint density at radius 3 is 3.13 bits per heavy atom. The van der Waals surface area contributed by atoms with E-state index >= 15 is 0 Å². The van der Waals surface area contributed by atoms with Crippen molar-refractivity contribution in [3.63, 3.8) is 0 Å². The molecule has 0 aliphatic rings. The van der Waals surface area contributed by atoms with E-state index in [4.69, 9.17) is 4.74 Å². The van der Waals surface area contributed by atoms with Gasteiger partial charge in [0.05, 0.1) is 6.61 Å². The summed E-state index contributed by atoms with van der Waals surface area (Å²) in [4.78, 5) is 21.9. The first-order valence-corrected chi connectivity index (χ1v) is 5.13. The number of nitrogens with zero attached hydrogens (tertiary/aromatic N) is 2. The van der Waals surface area contributed by atoms with E-state index in [9.17, 15) is 9.59 Å². The molecule has 0 aliphatic carbocycles. The topological polar surface area (TPSA) is 72.7 Å². The molecule has 0 atom stereocenters. The summed E-state index contributed by atoms with van der Waals surface area (Å²) in [5.74, 6) is -0.399. The Balaban J connectivity index is 2.98. The van der Waals surface area contributed by atoms with E-state index in [0.717, 1.165) is 0 Å². The summed E-state index contributed by atoms with van der Waals surface area (Å²) in [6.45, 7) is 2.07.